The number of aliphatic hydroxyl groups excluding tert-OH is 1. The first-order valence-corrected chi connectivity index (χ1v) is 10.5. The molecule has 0 amide bonds. The van der Waals surface area contributed by atoms with Crippen molar-refractivity contribution < 1.29 is 28.4 Å². The number of aliphatic hydroxyl groups is 1. The van der Waals surface area contributed by atoms with Gasteiger partial charge in [-0.25, -0.2) is 4.39 Å². The molecule has 2 aromatic rings. The molecule has 1 heterocycles. The third-order valence-corrected chi connectivity index (χ3v) is 5.24. The smallest absolute Gasteiger partial charge is 0.128 e. The predicted octanol–water partition coefficient (Wildman–Crippen LogP) is 4.63. The minimum Gasteiger partial charge on any atom is -0.496 e. The Hall–Kier alpha value is -2.31. The van der Waals surface area contributed by atoms with Crippen LogP contribution in [0.2, 0.25) is 0 Å². The van der Waals surface area contributed by atoms with Gasteiger partial charge in [0.05, 0.1) is 38.6 Å². The maximum Gasteiger partial charge on any atom is 0.128 e. The molecule has 30 heavy (non-hydrogen) atoms. The van der Waals surface area contributed by atoms with E-state index in [9.17, 15) is 9.50 Å². The van der Waals surface area contributed by atoms with Gasteiger partial charge >= 0.3 is 0 Å². The number of alkyl halides is 1. The number of rotatable bonds is 9. The van der Waals surface area contributed by atoms with Crippen LogP contribution in [0.1, 0.15) is 49.5 Å². The van der Waals surface area contributed by atoms with Crippen LogP contribution in [0.3, 0.4) is 0 Å². The average Bonchev–Trinajstić information content (AvgIpc) is 2.75. The minimum absolute atomic E-state index is 0.312. The summed E-state index contributed by atoms with van der Waals surface area (Å²) in [6.45, 7) is 4.36. The largest absolute Gasteiger partial charge is 0.496 e. The van der Waals surface area contributed by atoms with E-state index in [-0.39, 0.29) is 0 Å². The molecule has 0 unspecified atom stereocenters. The first kappa shape index (κ1) is 22.4. The molecule has 0 aromatic heterocycles. The van der Waals surface area contributed by atoms with E-state index >= 15 is 0 Å². The van der Waals surface area contributed by atoms with Crippen LogP contribution >= 0.6 is 0 Å². The summed E-state index contributed by atoms with van der Waals surface area (Å²) in [5, 5.41) is 10.2. The van der Waals surface area contributed by atoms with Crippen molar-refractivity contribution in [3.05, 3.63) is 53.1 Å². The molecule has 5 nitrogen and oxygen atoms in total. The number of halogens is 1. The van der Waals surface area contributed by atoms with Gasteiger partial charge in [0.1, 0.15) is 23.9 Å². The fourth-order valence-corrected chi connectivity index (χ4v) is 3.87. The Morgan fingerprint density at radius 1 is 1.03 bits per heavy atom. The Labute approximate surface area is 177 Å². The normalized spacial score (nSPS) is 21.3. The van der Waals surface area contributed by atoms with E-state index in [1.54, 1.807) is 7.11 Å². The topological polar surface area (TPSA) is 57.2 Å². The van der Waals surface area contributed by atoms with Crippen molar-refractivity contribution in [2.24, 2.45) is 0 Å². The molecule has 164 valence electrons. The highest BCUT2D eigenvalue weighted by molar-refractivity contribution is 5.49. The maximum atomic E-state index is 13.3. The molecular formula is C24H31FO5. The monoisotopic (exact) mass is 418 g/mol. The van der Waals surface area contributed by atoms with Crippen molar-refractivity contribution in [1.29, 1.82) is 0 Å². The van der Waals surface area contributed by atoms with Gasteiger partial charge in [-0.15, -0.1) is 0 Å². The molecule has 3 rings (SSSR count). The number of ether oxygens (including phenoxy) is 4. The zero-order chi connectivity index (χ0) is 21.5. The molecule has 1 saturated heterocycles. The van der Waals surface area contributed by atoms with Gasteiger partial charge in [-0.1, -0.05) is 12.1 Å². The summed E-state index contributed by atoms with van der Waals surface area (Å²) in [6.07, 6.45) is -0.268. The lowest BCUT2D eigenvalue weighted by atomic mass is 9.93. The second kappa shape index (κ2) is 10.6. The van der Waals surface area contributed by atoms with Crippen LogP contribution in [0.5, 0.6) is 17.2 Å². The number of benzene rings is 2. The Bertz CT molecular complexity index is 808. The molecule has 1 fully saturated rings. The van der Waals surface area contributed by atoms with Crippen LogP contribution in [0.15, 0.2) is 36.4 Å². The molecule has 3 atom stereocenters. The van der Waals surface area contributed by atoms with Crippen molar-refractivity contribution in [1.82, 2.24) is 0 Å². The van der Waals surface area contributed by atoms with Gasteiger partial charge in [-0.2, -0.15) is 0 Å². The standard InChI is InChI=1S/C24H31FO5/c1-4-28-19-8-6-16(7-9-19)10-17-11-21(23(29-5-2)14-22(17)27-3)24-13-18(26)12-20(15-25)30-24/h6-9,11,14,18,20,24,26H,4-5,10,12-13,15H2,1-3H3/t18-,20-,24+/m0/s1. The molecule has 0 saturated carbocycles. The third kappa shape index (κ3) is 5.43. The lowest BCUT2D eigenvalue weighted by Crippen LogP contribution is -2.32. The van der Waals surface area contributed by atoms with E-state index in [0.717, 1.165) is 28.2 Å². The molecule has 0 radical (unpaired) electrons. The predicted molar refractivity (Wildman–Crippen MR) is 113 cm³/mol. The van der Waals surface area contributed by atoms with Crippen molar-refractivity contribution in [2.75, 3.05) is 27.0 Å². The Balaban J connectivity index is 1.93. The van der Waals surface area contributed by atoms with Crippen LogP contribution in [0, 0.1) is 0 Å². The van der Waals surface area contributed by atoms with E-state index in [0.29, 0.717) is 38.2 Å². The first-order chi connectivity index (χ1) is 14.6. The molecule has 0 bridgehead atoms. The van der Waals surface area contributed by atoms with Crippen LogP contribution in [0.25, 0.3) is 0 Å². The number of hydrogen-bond acceptors (Lipinski definition) is 5. The van der Waals surface area contributed by atoms with E-state index in [4.69, 9.17) is 18.9 Å². The molecule has 1 N–H and O–H groups in total. The van der Waals surface area contributed by atoms with Gasteiger partial charge in [0.25, 0.3) is 0 Å². The van der Waals surface area contributed by atoms with E-state index < -0.39 is 25.0 Å². The van der Waals surface area contributed by atoms with Gasteiger partial charge in [0.15, 0.2) is 0 Å². The lowest BCUT2D eigenvalue weighted by Gasteiger charge is -2.33. The van der Waals surface area contributed by atoms with E-state index in [1.807, 2.05) is 50.2 Å². The van der Waals surface area contributed by atoms with Gasteiger partial charge in [0.2, 0.25) is 0 Å². The van der Waals surface area contributed by atoms with Gasteiger partial charge in [0, 0.05) is 30.9 Å². The second-order valence-corrected chi connectivity index (χ2v) is 7.41. The quantitative estimate of drug-likeness (QED) is 0.643. The van der Waals surface area contributed by atoms with Gasteiger partial charge < -0.3 is 24.1 Å². The highest BCUT2D eigenvalue weighted by Crippen LogP contribution is 2.40. The molecule has 0 spiro atoms. The van der Waals surface area contributed by atoms with Crippen LogP contribution in [-0.4, -0.2) is 44.3 Å². The molecule has 6 heteroatoms. The molecule has 2 aromatic carbocycles. The summed E-state index contributed by atoms with van der Waals surface area (Å²) in [6, 6.07) is 11.8. The molecule has 0 aliphatic carbocycles. The Morgan fingerprint density at radius 3 is 2.40 bits per heavy atom. The van der Waals surface area contributed by atoms with E-state index in [1.165, 1.54) is 0 Å². The summed E-state index contributed by atoms with van der Waals surface area (Å²) >= 11 is 0. The van der Waals surface area contributed by atoms with Crippen molar-refractivity contribution in [3.63, 3.8) is 0 Å². The summed E-state index contributed by atoms with van der Waals surface area (Å²) in [5.74, 6) is 2.19. The number of methoxy groups -OCH3 is 1. The highest BCUT2D eigenvalue weighted by Gasteiger charge is 2.32. The van der Waals surface area contributed by atoms with Crippen molar-refractivity contribution in [3.8, 4) is 17.2 Å². The zero-order valence-corrected chi connectivity index (χ0v) is 17.9. The van der Waals surface area contributed by atoms with Crippen LogP contribution < -0.4 is 14.2 Å². The Morgan fingerprint density at radius 2 is 1.77 bits per heavy atom. The second-order valence-electron chi connectivity index (χ2n) is 7.41. The maximum absolute atomic E-state index is 13.3. The number of hydrogen-bond donors (Lipinski definition) is 1. The van der Waals surface area contributed by atoms with E-state index in [2.05, 4.69) is 0 Å². The molecule has 1 aliphatic rings. The van der Waals surface area contributed by atoms with Crippen LogP contribution in [-0.2, 0) is 11.2 Å². The summed E-state index contributed by atoms with van der Waals surface area (Å²) in [7, 11) is 1.63. The zero-order valence-electron chi connectivity index (χ0n) is 17.9. The highest BCUT2D eigenvalue weighted by atomic mass is 19.1. The SMILES string of the molecule is CCOc1ccc(Cc2cc([C@H]3C[C@@H](O)C[C@@H](CF)O3)c(OCC)cc2OC)cc1. The molecule has 1 aliphatic heterocycles. The average molecular weight is 419 g/mol. The summed E-state index contributed by atoms with van der Waals surface area (Å²) < 4.78 is 36.2. The van der Waals surface area contributed by atoms with Crippen molar-refractivity contribution >= 4 is 0 Å². The van der Waals surface area contributed by atoms with Crippen molar-refractivity contribution in [2.45, 2.75) is 51.4 Å². The summed E-state index contributed by atoms with van der Waals surface area (Å²) in [5.41, 5.74) is 2.90. The van der Waals surface area contributed by atoms with Gasteiger partial charge in [-0.05, 0) is 43.2 Å². The Kier molecular flexibility index (Phi) is 7.94. The fraction of sp³-hybridized carbons (Fsp3) is 0.500. The first-order valence-electron chi connectivity index (χ1n) is 10.5. The fourth-order valence-electron chi connectivity index (χ4n) is 3.87. The minimum atomic E-state index is -0.618. The van der Waals surface area contributed by atoms with Gasteiger partial charge in [-0.3, -0.25) is 0 Å². The lowest BCUT2D eigenvalue weighted by molar-refractivity contribution is -0.105. The van der Waals surface area contributed by atoms with Crippen LogP contribution in [0.4, 0.5) is 4.39 Å². The third-order valence-electron chi connectivity index (χ3n) is 5.24. The molecular weight excluding hydrogens is 387 g/mol. The summed E-state index contributed by atoms with van der Waals surface area (Å²) in [4.78, 5) is 0.